The second-order valence-electron chi connectivity index (χ2n) is 2.38. The van der Waals surface area contributed by atoms with Crippen LogP contribution in [0.2, 0.25) is 0 Å². The van der Waals surface area contributed by atoms with Gasteiger partial charge >= 0.3 is 0 Å². The van der Waals surface area contributed by atoms with Crippen molar-refractivity contribution in [2.45, 2.75) is 26.2 Å². The summed E-state index contributed by atoms with van der Waals surface area (Å²) in [4.78, 5) is 0. The number of hydrogen-bond acceptors (Lipinski definition) is 1. The van der Waals surface area contributed by atoms with E-state index in [2.05, 4.69) is 0 Å². The highest BCUT2D eigenvalue weighted by atomic mass is 19.1. The van der Waals surface area contributed by atoms with Crippen molar-refractivity contribution in [1.82, 2.24) is 0 Å². The summed E-state index contributed by atoms with van der Waals surface area (Å²) in [5.74, 6) is 0. The molecule has 0 aromatic heterocycles. The molecule has 0 aliphatic carbocycles. The van der Waals surface area contributed by atoms with Gasteiger partial charge in [0.15, 0.2) is 0 Å². The second kappa shape index (κ2) is 7.32. The Balaban J connectivity index is 3.45. The van der Waals surface area contributed by atoms with Crippen LogP contribution in [0.4, 0.5) is 4.39 Å². The number of nitrogens with two attached hydrogens (primary N) is 1. The van der Waals surface area contributed by atoms with E-state index in [1.54, 1.807) is 0 Å². The maximum atomic E-state index is 11.6. The van der Waals surface area contributed by atoms with Gasteiger partial charge < -0.3 is 5.73 Å². The molecule has 0 aromatic rings. The minimum Gasteiger partial charge on any atom is -0.402 e. The SMILES string of the molecule is C/C=C\C/C(N)=C\CCCF. The van der Waals surface area contributed by atoms with Gasteiger partial charge in [-0.2, -0.15) is 0 Å². The molecule has 0 atom stereocenters. The van der Waals surface area contributed by atoms with Gasteiger partial charge in [-0.25, -0.2) is 0 Å². The number of rotatable bonds is 5. The van der Waals surface area contributed by atoms with Crippen LogP contribution in [0.3, 0.4) is 0 Å². The molecule has 0 aromatic carbocycles. The fourth-order valence-electron chi connectivity index (χ4n) is 0.702. The van der Waals surface area contributed by atoms with E-state index in [1.165, 1.54) is 0 Å². The van der Waals surface area contributed by atoms with E-state index in [0.29, 0.717) is 6.42 Å². The molecule has 0 rings (SSSR count). The summed E-state index contributed by atoms with van der Waals surface area (Å²) in [7, 11) is 0. The largest absolute Gasteiger partial charge is 0.402 e. The lowest BCUT2D eigenvalue weighted by molar-refractivity contribution is 0.475. The molecule has 2 N–H and O–H groups in total. The fraction of sp³-hybridized carbons (Fsp3) is 0.556. The van der Waals surface area contributed by atoms with Gasteiger partial charge in [-0.3, -0.25) is 4.39 Å². The number of allylic oxidation sites excluding steroid dienone is 3. The quantitative estimate of drug-likeness (QED) is 0.481. The molecule has 0 fully saturated rings. The van der Waals surface area contributed by atoms with E-state index in [-0.39, 0.29) is 6.67 Å². The summed E-state index contributed by atoms with van der Waals surface area (Å²) in [6.45, 7) is 1.70. The lowest BCUT2D eigenvalue weighted by atomic mass is 10.2. The zero-order valence-electron chi connectivity index (χ0n) is 7.02. The fourth-order valence-corrected chi connectivity index (χ4v) is 0.702. The lowest BCUT2D eigenvalue weighted by Gasteiger charge is -1.94. The van der Waals surface area contributed by atoms with E-state index in [9.17, 15) is 4.39 Å². The standard InChI is InChI=1S/C9H16FN/c1-2-3-6-9(11)7-4-5-8-10/h2-3,7H,4-6,8,11H2,1H3/b3-2-,9-7+. The van der Waals surface area contributed by atoms with Gasteiger partial charge in [-0.1, -0.05) is 18.2 Å². The highest BCUT2D eigenvalue weighted by Crippen LogP contribution is 1.99. The van der Waals surface area contributed by atoms with Gasteiger partial charge in [0.25, 0.3) is 0 Å². The third-order valence-electron chi connectivity index (χ3n) is 1.33. The molecule has 0 aliphatic heterocycles. The van der Waals surface area contributed by atoms with E-state index < -0.39 is 0 Å². The van der Waals surface area contributed by atoms with E-state index >= 15 is 0 Å². The van der Waals surface area contributed by atoms with Crippen LogP contribution in [0.25, 0.3) is 0 Å². The maximum absolute atomic E-state index is 11.6. The molecule has 64 valence electrons. The smallest absolute Gasteiger partial charge is 0.0897 e. The van der Waals surface area contributed by atoms with Gasteiger partial charge in [0, 0.05) is 12.1 Å². The number of halogens is 1. The molecule has 0 saturated carbocycles. The molecule has 11 heavy (non-hydrogen) atoms. The number of alkyl halides is 1. The molecule has 2 heteroatoms. The Kier molecular flexibility index (Phi) is 6.79. The topological polar surface area (TPSA) is 26.0 Å². The van der Waals surface area contributed by atoms with Crippen molar-refractivity contribution in [3.8, 4) is 0 Å². The highest BCUT2D eigenvalue weighted by molar-refractivity contribution is 5.02. The van der Waals surface area contributed by atoms with E-state index in [1.807, 2.05) is 25.2 Å². The third-order valence-corrected chi connectivity index (χ3v) is 1.33. The summed E-state index contributed by atoms with van der Waals surface area (Å²) < 4.78 is 11.6. The van der Waals surface area contributed by atoms with Crippen molar-refractivity contribution in [2.24, 2.45) is 5.73 Å². The van der Waals surface area contributed by atoms with Gasteiger partial charge in [0.1, 0.15) is 0 Å². The number of hydrogen-bond donors (Lipinski definition) is 1. The van der Waals surface area contributed by atoms with Gasteiger partial charge in [-0.15, -0.1) is 0 Å². The van der Waals surface area contributed by atoms with Crippen molar-refractivity contribution in [2.75, 3.05) is 6.67 Å². The average molecular weight is 157 g/mol. The first-order valence-electron chi connectivity index (χ1n) is 3.93. The molecule has 0 aliphatic rings. The Bertz CT molecular complexity index is 138. The predicted molar refractivity (Wildman–Crippen MR) is 46.9 cm³/mol. The molecule has 0 amide bonds. The molecule has 0 bridgehead atoms. The average Bonchev–Trinajstić information content (AvgIpc) is 2.01. The van der Waals surface area contributed by atoms with E-state index in [4.69, 9.17) is 5.73 Å². The molecular weight excluding hydrogens is 141 g/mol. The molecule has 0 unspecified atom stereocenters. The van der Waals surface area contributed by atoms with Crippen LogP contribution in [0.15, 0.2) is 23.9 Å². The molecule has 0 saturated heterocycles. The first-order valence-corrected chi connectivity index (χ1v) is 3.93. The van der Waals surface area contributed by atoms with Crippen molar-refractivity contribution in [3.05, 3.63) is 23.9 Å². The monoisotopic (exact) mass is 157 g/mol. The zero-order valence-corrected chi connectivity index (χ0v) is 7.02. The summed E-state index contributed by atoms with van der Waals surface area (Å²) in [6.07, 6.45) is 7.94. The van der Waals surface area contributed by atoms with Crippen molar-refractivity contribution in [1.29, 1.82) is 0 Å². The zero-order chi connectivity index (χ0) is 8.53. The van der Waals surface area contributed by atoms with Crippen molar-refractivity contribution in [3.63, 3.8) is 0 Å². The summed E-state index contributed by atoms with van der Waals surface area (Å²) >= 11 is 0. The van der Waals surface area contributed by atoms with Gasteiger partial charge in [-0.05, 0) is 19.8 Å². The lowest BCUT2D eigenvalue weighted by Crippen LogP contribution is -1.94. The highest BCUT2D eigenvalue weighted by Gasteiger charge is 1.86. The first-order chi connectivity index (χ1) is 5.31. The van der Waals surface area contributed by atoms with Crippen molar-refractivity contribution >= 4 is 0 Å². The van der Waals surface area contributed by atoms with Crippen LogP contribution in [0.1, 0.15) is 26.2 Å². The minimum atomic E-state index is -0.257. The van der Waals surface area contributed by atoms with E-state index in [0.717, 1.165) is 18.5 Å². The Labute approximate surface area is 67.8 Å². The molecular formula is C9H16FN. The molecule has 0 heterocycles. The van der Waals surface area contributed by atoms with Crippen LogP contribution < -0.4 is 5.73 Å². The minimum absolute atomic E-state index is 0.257. The first kappa shape index (κ1) is 10.2. The normalized spacial score (nSPS) is 12.7. The molecule has 1 nitrogen and oxygen atoms in total. The Morgan fingerprint density at radius 1 is 1.55 bits per heavy atom. The van der Waals surface area contributed by atoms with Crippen LogP contribution in [0, 0.1) is 0 Å². The Morgan fingerprint density at radius 2 is 2.27 bits per heavy atom. The van der Waals surface area contributed by atoms with Crippen LogP contribution >= 0.6 is 0 Å². The summed E-state index contributed by atoms with van der Waals surface area (Å²) in [5, 5.41) is 0. The third kappa shape index (κ3) is 7.10. The maximum Gasteiger partial charge on any atom is 0.0897 e. The predicted octanol–water partition coefficient (Wildman–Crippen LogP) is 2.54. The number of unbranched alkanes of at least 4 members (excludes halogenated alkanes) is 1. The van der Waals surface area contributed by atoms with Gasteiger partial charge in [0.2, 0.25) is 0 Å². The second-order valence-corrected chi connectivity index (χ2v) is 2.38. The Hall–Kier alpha value is -0.790. The summed E-state index contributed by atoms with van der Waals surface area (Å²) in [6, 6.07) is 0. The van der Waals surface area contributed by atoms with Crippen LogP contribution in [-0.4, -0.2) is 6.67 Å². The van der Waals surface area contributed by atoms with Crippen molar-refractivity contribution < 1.29 is 4.39 Å². The summed E-state index contributed by atoms with van der Waals surface area (Å²) in [5.41, 5.74) is 6.42. The van der Waals surface area contributed by atoms with Gasteiger partial charge in [0.05, 0.1) is 6.67 Å². The van der Waals surface area contributed by atoms with Crippen LogP contribution in [0.5, 0.6) is 0 Å². The van der Waals surface area contributed by atoms with Crippen LogP contribution in [-0.2, 0) is 0 Å². The molecule has 0 radical (unpaired) electrons. The molecule has 0 spiro atoms. The Morgan fingerprint density at radius 3 is 2.82 bits per heavy atom.